The predicted molar refractivity (Wildman–Crippen MR) is 85.3 cm³/mol. The molecule has 0 bridgehead atoms. The van der Waals surface area contributed by atoms with Crippen molar-refractivity contribution in [3.8, 4) is 0 Å². The number of amides is 1. The first-order chi connectivity index (χ1) is 10.3. The largest absolute Gasteiger partial charge is 0.357 e. The van der Waals surface area contributed by atoms with E-state index in [1.165, 1.54) is 5.56 Å². The number of nitrogens with zero attached hydrogens (tertiary/aromatic N) is 1. The summed E-state index contributed by atoms with van der Waals surface area (Å²) in [7, 11) is 0. The molecule has 0 saturated heterocycles. The lowest BCUT2D eigenvalue weighted by Gasteiger charge is -2.11. The number of rotatable bonds is 7. The Balaban J connectivity index is 1.73. The van der Waals surface area contributed by atoms with Crippen LogP contribution in [0.5, 0.6) is 0 Å². The van der Waals surface area contributed by atoms with Gasteiger partial charge in [0.25, 0.3) is 0 Å². The van der Waals surface area contributed by atoms with E-state index in [0.29, 0.717) is 12.0 Å². The third kappa shape index (κ3) is 6.29. The third-order valence-electron chi connectivity index (χ3n) is 3.22. The number of aliphatic imine (C=N–C) groups is 1. The minimum atomic E-state index is -0.00207. The Morgan fingerprint density at radius 1 is 1.24 bits per heavy atom. The molecule has 1 fully saturated rings. The molecule has 1 saturated carbocycles. The molecular weight excluding hydrogens is 264 g/mol. The highest BCUT2D eigenvalue weighted by Gasteiger charge is 2.22. The van der Waals surface area contributed by atoms with Gasteiger partial charge in [-0.1, -0.05) is 30.3 Å². The fraction of sp³-hybridized carbons (Fsp3) is 0.500. The lowest BCUT2D eigenvalue weighted by molar-refractivity contribution is -0.119. The summed E-state index contributed by atoms with van der Waals surface area (Å²) in [5.74, 6) is 0.692. The van der Waals surface area contributed by atoms with E-state index in [2.05, 4.69) is 33.1 Å². The molecule has 0 radical (unpaired) electrons. The standard InChI is InChI=1S/C16H24N4O/c1-2-17-16(19-12-15(21)20-14-8-9-14)18-11-10-13-6-4-3-5-7-13/h3-7,14H,2,8-12H2,1H3,(H,20,21)(H2,17,18,19). The molecule has 0 atom stereocenters. The minimum absolute atomic E-state index is 0.00207. The molecule has 1 aromatic rings. The normalized spacial score (nSPS) is 14.6. The van der Waals surface area contributed by atoms with Crippen molar-refractivity contribution in [1.29, 1.82) is 0 Å². The van der Waals surface area contributed by atoms with Crippen LogP contribution in [0.3, 0.4) is 0 Å². The molecule has 1 aliphatic carbocycles. The second-order valence-electron chi connectivity index (χ2n) is 5.20. The molecule has 1 amide bonds. The van der Waals surface area contributed by atoms with Crippen molar-refractivity contribution in [2.45, 2.75) is 32.2 Å². The van der Waals surface area contributed by atoms with Gasteiger partial charge in [-0.15, -0.1) is 0 Å². The van der Waals surface area contributed by atoms with E-state index in [0.717, 1.165) is 32.4 Å². The number of guanidine groups is 1. The quantitative estimate of drug-likeness (QED) is 0.519. The Morgan fingerprint density at radius 3 is 2.67 bits per heavy atom. The van der Waals surface area contributed by atoms with E-state index in [-0.39, 0.29) is 12.5 Å². The molecule has 0 spiro atoms. The Morgan fingerprint density at radius 2 is 2.00 bits per heavy atom. The smallest absolute Gasteiger partial charge is 0.242 e. The van der Waals surface area contributed by atoms with Gasteiger partial charge in [-0.05, 0) is 31.7 Å². The van der Waals surface area contributed by atoms with E-state index in [9.17, 15) is 4.79 Å². The summed E-state index contributed by atoms with van der Waals surface area (Å²) >= 11 is 0. The molecule has 3 N–H and O–H groups in total. The number of hydrogen-bond acceptors (Lipinski definition) is 2. The van der Waals surface area contributed by atoms with E-state index >= 15 is 0 Å². The molecule has 0 unspecified atom stereocenters. The number of nitrogens with one attached hydrogen (secondary N) is 3. The first-order valence-electron chi connectivity index (χ1n) is 7.63. The van der Waals surface area contributed by atoms with Gasteiger partial charge in [-0.2, -0.15) is 0 Å². The van der Waals surface area contributed by atoms with Gasteiger partial charge in [-0.25, -0.2) is 4.99 Å². The molecule has 1 aliphatic rings. The average molecular weight is 288 g/mol. The van der Waals surface area contributed by atoms with Crippen molar-refractivity contribution >= 4 is 11.9 Å². The van der Waals surface area contributed by atoms with Gasteiger partial charge < -0.3 is 16.0 Å². The molecule has 5 nitrogen and oxygen atoms in total. The van der Waals surface area contributed by atoms with Crippen LogP contribution in [-0.4, -0.2) is 37.5 Å². The topological polar surface area (TPSA) is 65.5 Å². The van der Waals surface area contributed by atoms with Crippen LogP contribution in [0.4, 0.5) is 0 Å². The number of benzene rings is 1. The van der Waals surface area contributed by atoms with Crippen LogP contribution in [-0.2, 0) is 11.2 Å². The van der Waals surface area contributed by atoms with Crippen LogP contribution in [0.2, 0.25) is 0 Å². The third-order valence-corrected chi connectivity index (χ3v) is 3.22. The fourth-order valence-corrected chi connectivity index (χ4v) is 1.96. The van der Waals surface area contributed by atoms with Gasteiger partial charge in [0.1, 0.15) is 6.54 Å². The highest BCUT2D eigenvalue weighted by atomic mass is 16.2. The SMILES string of the molecule is CCNC(=NCC(=O)NC1CC1)NCCc1ccccc1. The molecule has 1 aromatic carbocycles. The summed E-state index contributed by atoms with van der Waals surface area (Å²) in [6.07, 6.45) is 3.13. The fourth-order valence-electron chi connectivity index (χ4n) is 1.96. The molecule has 114 valence electrons. The maximum absolute atomic E-state index is 11.6. The summed E-state index contributed by atoms with van der Waals surface area (Å²) in [4.78, 5) is 15.9. The van der Waals surface area contributed by atoms with E-state index in [4.69, 9.17) is 0 Å². The summed E-state index contributed by atoms with van der Waals surface area (Å²) in [5.41, 5.74) is 1.28. The van der Waals surface area contributed by atoms with E-state index < -0.39 is 0 Å². The van der Waals surface area contributed by atoms with Crippen molar-refractivity contribution in [2.75, 3.05) is 19.6 Å². The molecule has 0 aromatic heterocycles. The van der Waals surface area contributed by atoms with Crippen molar-refractivity contribution in [3.63, 3.8) is 0 Å². The summed E-state index contributed by atoms with van der Waals surface area (Å²) < 4.78 is 0. The van der Waals surface area contributed by atoms with Gasteiger partial charge in [0.2, 0.25) is 5.91 Å². The lowest BCUT2D eigenvalue weighted by Crippen LogP contribution is -2.39. The zero-order valence-electron chi connectivity index (χ0n) is 12.6. The zero-order chi connectivity index (χ0) is 14.9. The maximum atomic E-state index is 11.6. The van der Waals surface area contributed by atoms with Gasteiger partial charge >= 0.3 is 0 Å². The molecule has 5 heteroatoms. The van der Waals surface area contributed by atoms with Crippen molar-refractivity contribution in [1.82, 2.24) is 16.0 Å². The molecule has 0 heterocycles. The average Bonchev–Trinajstić information content (AvgIpc) is 3.30. The number of hydrogen-bond donors (Lipinski definition) is 3. The molecule has 2 rings (SSSR count). The second kappa shape index (κ2) is 8.29. The lowest BCUT2D eigenvalue weighted by atomic mass is 10.1. The molecular formula is C16H24N4O. The first-order valence-corrected chi connectivity index (χ1v) is 7.63. The number of carbonyl (C=O) groups is 1. The van der Waals surface area contributed by atoms with Crippen molar-refractivity contribution in [3.05, 3.63) is 35.9 Å². The number of carbonyl (C=O) groups excluding carboxylic acids is 1. The maximum Gasteiger partial charge on any atom is 0.242 e. The minimum Gasteiger partial charge on any atom is -0.357 e. The Labute approximate surface area is 126 Å². The van der Waals surface area contributed by atoms with Gasteiger partial charge in [0.05, 0.1) is 0 Å². The highest BCUT2D eigenvalue weighted by Crippen LogP contribution is 2.18. The van der Waals surface area contributed by atoms with Gasteiger partial charge in [-0.3, -0.25) is 4.79 Å². The summed E-state index contributed by atoms with van der Waals surface area (Å²) in [6, 6.07) is 10.7. The molecule has 21 heavy (non-hydrogen) atoms. The van der Waals surface area contributed by atoms with Crippen LogP contribution >= 0.6 is 0 Å². The van der Waals surface area contributed by atoms with Crippen molar-refractivity contribution in [2.24, 2.45) is 4.99 Å². The first kappa shape index (κ1) is 15.4. The predicted octanol–water partition coefficient (Wildman–Crippen LogP) is 1.06. The van der Waals surface area contributed by atoms with Crippen LogP contribution in [0.15, 0.2) is 35.3 Å². The second-order valence-corrected chi connectivity index (χ2v) is 5.20. The Hall–Kier alpha value is -2.04. The Bertz CT molecular complexity index is 468. The van der Waals surface area contributed by atoms with E-state index in [1.807, 2.05) is 25.1 Å². The highest BCUT2D eigenvalue weighted by molar-refractivity contribution is 5.85. The van der Waals surface area contributed by atoms with Crippen LogP contribution in [0, 0.1) is 0 Å². The molecule has 0 aliphatic heterocycles. The van der Waals surface area contributed by atoms with Gasteiger partial charge in [0, 0.05) is 19.1 Å². The van der Waals surface area contributed by atoms with Crippen LogP contribution in [0.1, 0.15) is 25.3 Å². The monoisotopic (exact) mass is 288 g/mol. The van der Waals surface area contributed by atoms with Crippen molar-refractivity contribution < 1.29 is 4.79 Å². The van der Waals surface area contributed by atoms with E-state index in [1.54, 1.807) is 0 Å². The summed E-state index contributed by atoms with van der Waals surface area (Å²) in [5, 5.41) is 9.34. The zero-order valence-corrected chi connectivity index (χ0v) is 12.6. The van der Waals surface area contributed by atoms with Crippen LogP contribution in [0.25, 0.3) is 0 Å². The Kier molecular flexibility index (Phi) is 6.06. The van der Waals surface area contributed by atoms with Crippen LogP contribution < -0.4 is 16.0 Å². The summed E-state index contributed by atoms with van der Waals surface area (Å²) in [6.45, 7) is 3.76. The van der Waals surface area contributed by atoms with Gasteiger partial charge in [0.15, 0.2) is 5.96 Å².